The van der Waals surface area contributed by atoms with Gasteiger partial charge in [-0.3, -0.25) is 4.90 Å². The molecule has 0 atom stereocenters. The summed E-state index contributed by atoms with van der Waals surface area (Å²) in [5.74, 6) is 3.09. The summed E-state index contributed by atoms with van der Waals surface area (Å²) in [4.78, 5) is 2.19. The van der Waals surface area contributed by atoms with Crippen LogP contribution in [-0.4, -0.2) is 39.0 Å². The van der Waals surface area contributed by atoms with Gasteiger partial charge in [-0.25, -0.2) is 0 Å². The van der Waals surface area contributed by atoms with Gasteiger partial charge in [-0.05, 0) is 36.9 Å². The number of methoxy groups -OCH3 is 1. The Hall–Kier alpha value is -1.92. The number of halogens is 1. The Morgan fingerprint density at radius 1 is 1.12 bits per heavy atom. The first kappa shape index (κ1) is 16.9. The Bertz CT molecular complexity index is 707. The van der Waals surface area contributed by atoms with Crippen LogP contribution in [0.5, 0.6) is 23.0 Å². The van der Waals surface area contributed by atoms with E-state index in [0.29, 0.717) is 6.61 Å². The van der Waals surface area contributed by atoms with Gasteiger partial charge in [-0.1, -0.05) is 28.1 Å². The lowest BCUT2D eigenvalue weighted by Crippen LogP contribution is -2.24. The molecule has 0 aliphatic carbocycles. The lowest BCUT2D eigenvalue weighted by atomic mass is 10.2. The third-order valence-electron chi connectivity index (χ3n) is 3.78. The molecule has 0 amide bonds. The summed E-state index contributed by atoms with van der Waals surface area (Å²) < 4.78 is 22.9. The molecule has 0 saturated carbocycles. The summed E-state index contributed by atoms with van der Waals surface area (Å²) in [5.41, 5.74) is 1.15. The SMILES string of the molecule is COc1ccccc1OCCN(C)Cc1cc2c(cc1Br)OCO2. The molecular weight excluding hydrogens is 374 g/mol. The van der Waals surface area contributed by atoms with Gasteiger partial charge in [0.2, 0.25) is 6.79 Å². The van der Waals surface area contributed by atoms with Crippen LogP contribution in [0.2, 0.25) is 0 Å². The summed E-state index contributed by atoms with van der Waals surface area (Å²) >= 11 is 3.59. The van der Waals surface area contributed by atoms with Crippen molar-refractivity contribution in [2.45, 2.75) is 6.54 Å². The summed E-state index contributed by atoms with van der Waals surface area (Å²) in [6, 6.07) is 11.6. The monoisotopic (exact) mass is 393 g/mol. The predicted molar refractivity (Wildman–Crippen MR) is 95.1 cm³/mol. The fourth-order valence-electron chi connectivity index (χ4n) is 2.50. The first-order valence-corrected chi connectivity index (χ1v) is 8.49. The van der Waals surface area contributed by atoms with Crippen molar-refractivity contribution in [2.75, 3.05) is 34.1 Å². The lowest BCUT2D eigenvalue weighted by Gasteiger charge is -2.18. The molecule has 3 rings (SSSR count). The van der Waals surface area contributed by atoms with Crippen LogP contribution in [0.25, 0.3) is 0 Å². The number of likely N-dealkylation sites (N-methyl/N-ethyl adjacent to an activating group) is 1. The Labute approximate surface area is 150 Å². The van der Waals surface area contributed by atoms with Crippen LogP contribution in [0.1, 0.15) is 5.56 Å². The van der Waals surface area contributed by atoms with Gasteiger partial charge in [0.25, 0.3) is 0 Å². The second-order valence-electron chi connectivity index (χ2n) is 5.53. The number of hydrogen-bond acceptors (Lipinski definition) is 5. The molecule has 1 aliphatic heterocycles. The average Bonchev–Trinajstić information content (AvgIpc) is 3.02. The van der Waals surface area contributed by atoms with Crippen LogP contribution in [0, 0.1) is 0 Å². The molecule has 1 heterocycles. The van der Waals surface area contributed by atoms with E-state index in [1.165, 1.54) is 0 Å². The molecule has 1 aliphatic rings. The Morgan fingerprint density at radius 2 is 1.83 bits per heavy atom. The Morgan fingerprint density at radius 3 is 2.58 bits per heavy atom. The van der Waals surface area contributed by atoms with Gasteiger partial charge in [0.05, 0.1) is 7.11 Å². The normalized spacial score (nSPS) is 12.5. The number of fused-ring (bicyclic) bond motifs is 1. The van der Waals surface area contributed by atoms with Crippen molar-refractivity contribution >= 4 is 15.9 Å². The molecule has 0 spiro atoms. The topological polar surface area (TPSA) is 40.2 Å². The van der Waals surface area contributed by atoms with Crippen LogP contribution in [-0.2, 0) is 6.54 Å². The fraction of sp³-hybridized carbons (Fsp3) is 0.333. The zero-order valence-electron chi connectivity index (χ0n) is 13.8. The minimum absolute atomic E-state index is 0.286. The lowest BCUT2D eigenvalue weighted by molar-refractivity contribution is 0.174. The fourth-order valence-corrected chi connectivity index (χ4v) is 2.95. The molecule has 0 radical (unpaired) electrons. The van der Waals surface area contributed by atoms with E-state index in [1.54, 1.807) is 7.11 Å². The molecular formula is C18H20BrNO4. The van der Waals surface area contributed by atoms with Gasteiger partial charge in [0.1, 0.15) is 6.61 Å². The quantitative estimate of drug-likeness (QED) is 0.717. The number of benzene rings is 2. The van der Waals surface area contributed by atoms with Crippen molar-refractivity contribution in [1.29, 1.82) is 0 Å². The molecule has 0 unspecified atom stereocenters. The molecule has 0 fully saturated rings. The third-order valence-corrected chi connectivity index (χ3v) is 4.52. The van der Waals surface area contributed by atoms with E-state index in [0.717, 1.165) is 46.1 Å². The summed E-state index contributed by atoms with van der Waals surface area (Å²) in [6.07, 6.45) is 0. The van der Waals surface area contributed by atoms with Crippen molar-refractivity contribution in [1.82, 2.24) is 4.90 Å². The predicted octanol–water partition coefficient (Wildman–Crippen LogP) is 3.70. The zero-order valence-corrected chi connectivity index (χ0v) is 15.3. The van der Waals surface area contributed by atoms with Gasteiger partial charge in [0, 0.05) is 17.6 Å². The van der Waals surface area contributed by atoms with E-state index in [9.17, 15) is 0 Å². The highest BCUT2D eigenvalue weighted by Crippen LogP contribution is 2.37. The van der Waals surface area contributed by atoms with Crippen LogP contribution in [0.15, 0.2) is 40.9 Å². The van der Waals surface area contributed by atoms with E-state index in [2.05, 4.69) is 27.9 Å². The molecule has 6 heteroatoms. The molecule has 0 saturated heterocycles. The number of para-hydroxylation sites is 2. The highest BCUT2D eigenvalue weighted by atomic mass is 79.9. The van der Waals surface area contributed by atoms with E-state index < -0.39 is 0 Å². The molecule has 0 N–H and O–H groups in total. The second-order valence-corrected chi connectivity index (χ2v) is 6.39. The van der Waals surface area contributed by atoms with Crippen molar-refractivity contribution in [3.05, 3.63) is 46.4 Å². The van der Waals surface area contributed by atoms with Crippen molar-refractivity contribution < 1.29 is 18.9 Å². The number of ether oxygens (including phenoxy) is 4. The van der Waals surface area contributed by atoms with Gasteiger partial charge in [-0.2, -0.15) is 0 Å². The van der Waals surface area contributed by atoms with E-state index in [4.69, 9.17) is 18.9 Å². The maximum Gasteiger partial charge on any atom is 0.231 e. The highest BCUT2D eigenvalue weighted by molar-refractivity contribution is 9.10. The van der Waals surface area contributed by atoms with Crippen molar-refractivity contribution in [3.63, 3.8) is 0 Å². The molecule has 0 bridgehead atoms. The van der Waals surface area contributed by atoms with Crippen molar-refractivity contribution in [3.8, 4) is 23.0 Å². The smallest absolute Gasteiger partial charge is 0.231 e. The van der Waals surface area contributed by atoms with Gasteiger partial charge < -0.3 is 18.9 Å². The minimum atomic E-state index is 0.286. The van der Waals surface area contributed by atoms with Crippen LogP contribution in [0.3, 0.4) is 0 Å². The van der Waals surface area contributed by atoms with E-state index >= 15 is 0 Å². The Kier molecular flexibility index (Phi) is 5.48. The van der Waals surface area contributed by atoms with Crippen molar-refractivity contribution in [2.24, 2.45) is 0 Å². The number of nitrogens with zero attached hydrogens (tertiary/aromatic N) is 1. The molecule has 24 heavy (non-hydrogen) atoms. The summed E-state index contributed by atoms with van der Waals surface area (Å²) in [7, 11) is 3.70. The summed E-state index contributed by atoms with van der Waals surface area (Å²) in [5, 5.41) is 0. The number of hydrogen-bond donors (Lipinski definition) is 0. The van der Waals surface area contributed by atoms with Crippen LogP contribution >= 0.6 is 15.9 Å². The highest BCUT2D eigenvalue weighted by Gasteiger charge is 2.17. The molecule has 128 valence electrons. The summed E-state index contributed by atoms with van der Waals surface area (Å²) in [6.45, 7) is 2.44. The molecule has 5 nitrogen and oxygen atoms in total. The van der Waals surface area contributed by atoms with Gasteiger partial charge >= 0.3 is 0 Å². The molecule has 2 aromatic carbocycles. The first-order valence-electron chi connectivity index (χ1n) is 7.70. The third kappa shape index (κ3) is 3.94. The Balaban J connectivity index is 1.54. The van der Waals surface area contributed by atoms with E-state index in [1.807, 2.05) is 36.4 Å². The second kappa shape index (κ2) is 7.77. The zero-order chi connectivity index (χ0) is 16.9. The average molecular weight is 394 g/mol. The number of rotatable bonds is 7. The van der Waals surface area contributed by atoms with Gasteiger partial charge in [-0.15, -0.1) is 0 Å². The maximum absolute atomic E-state index is 5.82. The maximum atomic E-state index is 5.82. The standard InChI is InChI=1S/C18H20BrNO4/c1-20(7-8-22-16-6-4-3-5-15(16)21-2)11-13-9-17-18(10-14(13)19)24-12-23-17/h3-6,9-10H,7-8,11-12H2,1-2H3. The van der Waals surface area contributed by atoms with Crippen LogP contribution < -0.4 is 18.9 Å². The first-order chi connectivity index (χ1) is 11.7. The molecule has 0 aromatic heterocycles. The largest absolute Gasteiger partial charge is 0.493 e. The minimum Gasteiger partial charge on any atom is -0.493 e. The van der Waals surface area contributed by atoms with Crippen LogP contribution in [0.4, 0.5) is 0 Å². The van der Waals surface area contributed by atoms with E-state index in [-0.39, 0.29) is 6.79 Å². The van der Waals surface area contributed by atoms with Gasteiger partial charge in [0.15, 0.2) is 23.0 Å². The molecule has 2 aromatic rings.